The summed E-state index contributed by atoms with van der Waals surface area (Å²) in [5, 5.41) is 12.5. The van der Waals surface area contributed by atoms with E-state index in [9.17, 15) is 10.1 Å². The highest BCUT2D eigenvalue weighted by atomic mass is 16.2. The van der Waals surface area contributed by atoms with E-state index in [1.54, 1.807) is 0 Å². The molecule has 0 heterocycles. The van der Waals surface area contributed by atoms with Crippen LogP contribution in [0.4, 0.5) is 0 Å². The zero-order chi connectivity index (χ0) is 14.0. The zero-order valence-electron chi connectivity index (χ0n) is 12.4. The molecule has 3 saturated carbocycles. The lowest BCUT2D eigenvalue weighted by atomic mass is 9.67. The first-order chi connectivity index (χ1) is 9.72. The Morgan fingerprint density at radius 1 is 1.00 bits per heavy atom. The minimum atomic E-state index is -0.541. The molecule has 1 amide bonds. The van der Waals surface area contributed by atoms with Crippen LogP contribution in [0, 0.1) is 29.1 Å². The molecule has 0 radical (unpaired) electrons. The lowest BCUT2D eigenvalue weighted by Gasteiger charge is -2.39. The molecule has 110 valence electrons. The van der Waals surface area contributed by atoms with Crippen molar-refractivity contribution in [3.05, 3.63) is 0 Å². The third kappa shape index (κ3) is 2.71. The minimum Gasteiger partial charge on any atom is -0.338 e. The summed E-state index contributed by atoms with van der Waals surface area (Å²) in [6.45, 7) is 0. The number of hydrogen-bond acceptors (Lipinski definition) is 2. The van der Waals surface area contributed by atoms with Crippen LogP contribution in [0.2, 0.25) is 0 Å². The van der Waals surface area contributed by atoms with Gasteiger partial charge in [0.25, 0.3) is 0 Å². The van der Waals surface area contributed by atoms with Crippen LogP contribution in [0.5, 0.6) is 0 Å². The number of amides is 1. The van der Waals surface area contributed by atoms with Crippen molar-refractivity contribution in [3.63, 3.8) is 0 Å². The molecule has 3 unspecified atom stereocenters. The van der Waals surface area contributed by atoms with Crippen molar-refractivity contribution in [2.45, 2.75) is 76.2 Å². The van der Waals surface area contributed by atoms with Crippen LogP contribution in [0.25, 0.3) is 0 Å². The van der Waals surface area contributed by atoms with E-state index in [0.29, 0.717) is 0 Å². The summed E-state index contributed by atoms with van der Waals surface area (Å²) < 4.78 is 0. The Kier molecular flexibility index (Phi) is 4.01. The molecule has 0 aliphatic heterocycles. The van der Waals surface area contributed by atoms with Crippen LogP contribution in [0.1, 0.15) is 70.6 Å². The minimum absolute atomic E-state index is 0.164. The Hall–Kier alpha value is -1.04. The quantitative estimate of drug-likeness (QED) is 0.837. The molecule has 0 aromatic heterocycles. The second kappa shape index (κ2) is 5.76. The van der Waals surface area contributed by atoms with Crippen molar-refractivity contribution in [2.75, 3.05) is 0 Å². The van der Waals surface area contributed by atoms with Gasteiger partial charge in [0, 0.05) is 5.92 Å². The first-order valence-corrected chi connectivity index (χ1v) is 8.46. The fourth-order valence-electron chi connectivity index (χ4n) is 4.69. The van der Waals surface area contributed by atoms with Gasteiger partial charge >= 0.3 is 0 Å². The summed E-state index contributed by atoms with van der Waals surface area (Å²) in [6, 6.07) is 2.37. The van der Waals surface area contributed by atoms with E-state index in [4.69, 9.17) is 0 Å². The highest BCUT2D eigenvalue weighted by Crippen LogP contribution is 2.43. The van der Waals surface area contributed by atoms with Crippen LogP contribution in [-0.2, 0) is 4.79 Å². The lowest BCUT2D eigenvalue weighted by molar-refractivity contribution is -0.128. The lowest BCUT2D eigenvalue weighted by Crippen LogP contribution is -2.48. The second-order valence-electron chi connectivity index (χ2n) is 7.20. The fourth-order valence-corrected chi connectivity index (χ4v) is 4.69. The maximum Gasteiger partial charge on any atom is 0.224 e. The molecule has 1 N–H and O–H groups in total. The molecule has 3 aliphatic rings. The van der Waals surface area contributed by atoms with Crippen LogP contribution in [0.3, 0.4) is 0 Å². The molecule has 3 atom stereocenters. The van der Waals surface area contributed by atoms with Gasteiger partial charge in [0.1, 0.15) is 5.54 Å². The first kappa shape index (κ1) is 13.9. The van der Waals surface area contributed by atoms with Crippen LogP contribution in [-0.4, -0.2) is 11.4 Å². The highest BCUT2D eigenvalue weighted by Gasteiger charge is 2.40. The highest BCUT2D eigenvalue weighted by molar-refractivity contribution is 5.80. The van der Waals surface area contributed by atoms with Crippen LogP contribution in [0.15, 0.2) is 0 Å². The number of rotatable bonds is 2. The number of carbonyl (C=O) groups excluding carboxylic acids is 1. The standard InChI is InChI=1S/C17H26N2O/c18-12-17(9-3-4-10-17)19-16(20)15-8-7-13-5-1-2-6-14(13)11-15/h13-15H,1-11H2,(H,19,20). The average molecular weight is 274 g/mol. The maximum absolute atomic E-state index is 12.5. The summed E-state index contributed by atoms with van der Waals surface area (Å²) in [7, 11) is 0. The van der Waals surface area contributed by atoms with Crippen molar-refractivity contribution in [1.82, 2.24) is 5.32 Å². The van der Waals surface area contributed by atoms with E-state index in [1.807, 2.05) is 0 Å². The number of nitriles is 1. The van der Waals surface area contributed by atoms with E-state index in [-0.39, 0.29) is 11.8 Å². The smallest absolute Gasteiger partial charge is 0.224 e. The number of carbonyl (C=O) groups is 1. The topological polar surface area (TPSA) is 52.9 Å². The summed E-state index contributed by atoms with van der Waals surface area (Å²) in [5.41, 5.74) is -0.541. The van der Waals surface area contributed by atoms with Crippen LogP contribution >= 0.6 is 0 Å². The van der Waals surface area contributed by atoms with E-state index in [2.05, 4.69) is 11.4 Å². The van der Waals surface area contributed by atoms with Gasteiger partial charge in [-0.1, -0.05) is 25.7 Å². The largest absolute Gasteiger partial charge is 0.338 e. The molecule has 0 bridgehead atoms. The van der Waals surface area contributed by atoms with Crippen molar-refractivity contribution in [3.8, 4) is 6.07 Å². The predicted octanol–water partition coefficient (Wildman–Crippen LogP) is 3.55. The predicted molar refractivity (Wildman–Crippen MR) is 77.7 cm³/mol. The van der Waals surface area contributed by atoms with Gasteiger partial charge < -0.3 is 5.32 Å². The average Bonchev–Trinajstić information content (AvgIpc) is 2.96. The molecule has 0 aromatic rings. The fraction of sp³-hybridized carbons (Fsp3) is 0.882. The Morgan fingerprint density at radius 3 is 2.40 bits per heavy atom. The molecule has 3 heteroatoms. The third-order valence-corrected chi connectivity index (χ3v) is 5.94. The Balaban J connectivity index is 1.59. The molecule has 3 nitrogen and oxygen atoms in total. The van der Waals surface area contributed by atoms with Crippen molar-refractivity contribution in [1.29, 1.82) is 5.26 Å². The van der Waals surface area contributed by atoms with Crippen molar-refractivity contribution in [2.24, 2.45) is 17.8 Å². The summed E-state index contributed by atoms with van der Waals surface area (Å²) in [5.74, 6) is 1.98. The zero-order valence-corrected chi connectivity index (χ0v) is 12.4. The summed E-state index contributed by atoms with van der Waals surface area (Å²) >= 11 is 0. The van der Waals surface area contributed by atoms with Gasteiger partial charge in [0.2, 0.25) is 5.91 Å². The second-order valence-corrected chi connectivity index (χ2v) is 7.20. The normalized spacial score (nSPS) is 35.9. The first-order valence-electron chi connectivity index (χ1n) is 8.46. The van der Waals surface area contributed by atoms with Crippen LogP contribution < -0.4 is 5.32 Å². The number of nitrogens with zero attached hydrogens (tertiary/aromatic N) is 1. The van der Waals surface area contributed by atoms with Gasteiger partial charge in [-0.05, 0) is 56.8 Å². The molecule has 3 rings (SSSR count). The number of hydrogen-bond donors (Lipinski definition) is 1. The number of nitrogens with one attached hydrogen (secondary N) is 1. The molecule has 0 aromatic carbocycles. The number of fused-ring (bicyclic) bond motifs is 1. The Bertz CT molecular complexity index is 406. The van der Waals surface area contributed by atoms with Gasteiger partial charge in [-0.25, -0.2) is 0 Å². The van der Waals surface area contributed by atoms with E-state index in [0.717, 1.165) is 50.4 Å². The Labute approximate surface area is 122 Å². The summed E-state index contributed by atoms with van der Waals surface area (Å²) in [4.78, 5) is 12.5. The van der Waals surface area contributed by atoms with E-state index in [1.165, 1.54) is 32.1 Å². The molecule has 0 saturated heterocycles. The van der Waals surface area contributed by atoms with E-state index >= 15 is 0 Å². The monoisotopic (exact) mass is 274 g/mol. The SMILES string of the molecule is N#CC1(NC(=O)C2CCC3CCCCC3C2)CCCC1. The Morgan fingerprint density at radius 2 is 1.70 bits per heavy atom. The maximum atomic E-state index is 12.5. The molecule has 3 aliphatic carbocycles. The molecular weight excluding hydrogens is 248 g/mol. The molecule has 0 spiro atoms. The molecular formula is C17H26N2O. The van der Waals surface area contributed by atoms with Crippen molar-refractivity contribution < 1.29 is 4.79 Å². The van der Waals surface area contributed by atoms with Gasteiger partial charge in [0.15, 0.2) is 0 Å². The van der Waals surface area contributed by atoms with E-state index < -0.39 is 5.54 Å². The van der Waals surface area contributed by atoms with Gasteiger partial charge in [-0.15, -0.1) is 0 Å². The van der Waals surface area contributed by atoms with Gasteiger partial charge in [-0.2, -0.15) is 5.26 Å². The van der Waals surface area contributed by atoms with Gasteiger partial charge in [-0.3, -0.25) is 4.79 Å². The molecule has 20 heavy (non-hydrogen) atoms. The molecule has 3 fully saturated rings. The van der Waals surface area contributed by atoms with Gasteiger partial charge in [0.05, 0.1) is 6.07 Å². The third-order valence-electron chi connectivity index (χ3n) is 5.94. The van der Waals surface area contributed by atoms with Crippen molar-refractivity contribution >= 4 is 5.91 Å². The summed E-state index contributed by atoms with van der Waals surface area (Å²) in [6.07, 6.45) is 12.6.